The Balaban J connectivity index is 1.93. The highest BCUT2D eigenvalue weighted by Crippen LogP contribution is 2.15. The number of carboxylic acids is 1. The number of aliphatic carboxylic acids is 1. The number of carboxylic acid groups (broad SMARTS) is 1. The van der Waals surface area contributed by atoms with Gasteiger partial charge in [-0.1, -0.05) is 30.3 Å². The van der Waals surface area contributed by atoms with Crippen LogP contribution >= 0.6 is 0 Å². The molecule has 1 N–H and O–H groups in total. The van der Waals surface area contributed by atoms with Gasteiger partial charge in [0.15, 0.2) is 0 Å². The Morgan fingerprint density at radius 3 is 2.62 bits per heavy atom. The summed E-state index contributed by atoms with van der Waals surface area (Å²) in [6.45, 7) is 1.37. The predicted molar refractivity (Wildman–Crippen MR) is 78.0 cm³/mol. The largest absolute Gasteiger partial charge is 0.481 e. The fourth-order valence-corrected chi connectivity index (χ4v) is 2.45. The Hall–Kier alpha value is -1.88. The molecule has 1 aromatic rings. The first-order chi connectivity index (χ1) is 10.2. The lowest BCUT2D eigenvalue weighted by Gasteiger charge is -2.24. The van der Waals surface area contributed by atoms with Gasteiger partial charge >= 0.3 is 5.97 Å². The van der Waals surface area contributed by atoms with Crippen LogP contribution in [0.1, 0.15) is 24.8 Å². The molecular weight excluding hydrogens is 270 g/mol. The lowest BCUT2D eigenvalue weighted by molar-refractivity contribution is -0.143. The van der Waals surface area contributed by atoms with E-state index in [1.807, 2.05) is 30.3 Å². The van der Waals surface area contributed by atoms with Crippen LogP contribution in [0.15, 0.2) is 30.3 Å². The lowest BCUT2D eigenvalue weighted by Crippen LogP contribution is -2.41. The van der Waals surface area contributed by atoms with E-state index in [0.29, 0.717) is 13.2 Å². The molecule has 0 bridgehead atoms. The third-order valence-corrected chi connectivity index (χ3v) is 3.63. The van der Waals surface area contributed by atoms with Crippen LogP contribution in [0, 0.1) is 0 Å². The van der Waals surface area contributed by atoms with Crippen molar-refractivity contribution in [1.29, 1.82) is 0 Å². The highest BCUT2D eigenvalue weighted by molar-refractivity contribution is 5.81. The molecule has 1 unspecified atom stereocenters. The first kappa shape index (κ1) is 15.5. The van der Waals surface area contributed by atoms with Gasteiger partial charge in [-0.3, -0.25) is 9.59 Å². The summed E-state index contributed by atoms with van der Waals surface area (Å²) in [5.74, 6) is -0.968. The molecule has 21 heavy (non-hydrogen) atoms. The maximum atomic E-state index is 12.4. The van der Waals surface area contributed by atoms with Crippen LogP contribution in [-0.4, -0.2) is 47.7 Å². The number of hydrogen-bond acceptors (Lipinski definition) is 3. The predicted octanol–water partition coefficient (Wildman–Crippen LogP) is 1.71. The monoisotopic (exact) mass is 291 g/mol. The van der Waals surface area contributed by atoms with E-state index in [9.17, 15) is 9.59 Å². The molecule has 0 saturated carbocycles. The highest BCUT2D eigenvalue weighted by Gasteiger charge is 2.28. The lowest BCUT2D eigenvalue weighted by atomic mass is 10.1. The zero-order chi connectivity index (χ0) is 15.1. The molecule has 114 valence electrons. The summed E-state index contributed by atoms with van der Waals surface area (Å²) in [4.78, 5) is 24.8. The molecule has 0 aromatic heterocycles. The van der Waals surface area contributed by atoms with Crippen molar-refractivity contribution >= 4 is 11.9 Å². The quantitative estimate of drug-likeness (QED) is 0.830. The fraction of sp³-hybridized carbons (Fsp3) is 0.500. The van der Waals surface area contributed by atoms with Gasteiger partial charge in [-0.05, 0) is 24.8 Å². The van der Waals surface area contributed by atoms with Gasteiger partial charge in [0.05, 0.1) is 6.42 Å². The smallest absolute Gasteiger partial charge is 0.305 e. The van der Waals surface area contributed by atoms with Crippen LogP contribution in [0.25, 0.3) is 0 Å². The molecule has 1 heterocycles. The van der Waals surface area contributed by atoms with Gasteiger partial charge in [-0.25, -0.2) is 0 Å². The molecule has 0 aliphatic carbocycles. The van der Waals surface area contributed by atoms with E-state index in [0.717, 1.165) is 24.8 Å². The van der Waals surface area contributed by atoms with Crippen LogP contribution in [0.3, 0.4) is 0 Å². The molecule has 2 rings (SSSR count). The number of amides is 1. The summed E-state index contributed by atoms with van der Waals surface area (Å²) in [6, 6.07) is 9.87. The second kappa shape index (κ2) is 7.78. The van der Waals surface area contributed by atoms with Crippen LogP contribution in [0.5, 0.6) is 0 Å². The molecule has 1 aliphatic heterocycles. The van der Waals surface area contributed by atoms with Crippen molar-refractivity contribution in [2.45, 2.75) is 31.8 Å². The first-order valence-electron chi connectivity index (χ1n) is 7.33. The van der Waals surface area contributed by atoms with E-state index in [1.165, 1.54) is 0 Å². The Kier molecular flexibility index (Phi) is 5.75. The van der Waals surface area contributed by atoms with Crippen molar-refractivity contribution in [2.24, 2.45) is 0 Å². The summed E-state index contributed by atoms with van der Waals surface area (Å²) in [5.41, 5.74) is 1.14. The van der Waals surface area contributed by atoms with Gasteiger partial charge in [-0.15, -0.1) is 0 Å². The number of rotatable bonds is 7. The summed E-state index contributed by atoms with van der Waals surface area (Å²) in [5, 5.41) is 8.83. The minimum Gasteiger partial charge on any atom is -0.481 e. The van der Waals surface area contributed by atoms with Crippen molar-refractivity contribution in [3.8, 4) is 0 Å². The Morgan fingerprint density at radius 2 is 2.00 bits per heavy atom. The SMILES string of the molecule is O=C(O)CCN(CCc1ccccc1)C(=O)C1CCCO1. The number of ether oxygens (including phenoxy) is 1. The average Bonchev–Trinajstić information content (AvgIpc) is 3.02. The van der Waals surface area contributed by atoms with Crippen molar-refractivity contribution in [2.75, 3.05) is 19.7 Å². The van der Waals surface area contributed by atoms with E-state index in [2.05, 4.69) is 0 Å². The highest BCUT2D eigenvalue weighted by atomic mass is 16.5. The maximum absolute atomic E-state index is 12.4. The zero-order valence-electron chi connectivity index (χ0n) is 12.0. The maximum Gasteiger partial charge on any atom is 0.305 e. The van der Waals surface area contributed by atoms with Crippen molar-refractivity contribution < 1.29 is 19.4 Å². The van der Waals surface area contributed by atoms with Crippen molar-refractivity contribution in [3.63, 3.8) is 0 Å². The number of nitrogens with zero attached hydrogens (tertiary/aromatic N) is 1. The van der Waals surface area contributed by atoms with Gasteiger partial charge in [0.25, 0.3) is 5.91 Å². The first-order valence-corrected chi connectivity index (χ1v) is 7.33. The molecular formula is C16H21NO4. The van der Waals surface area contributed by atoms with Gasteiger partial charge in [-0.2, -0.15) is 0 Å². The van der Waals surface area contributed by atoms with Crippen LogP contribution < -0.4 is 0 Å². The third kappa shape index (κ3) is 4.86. The van der Waals surface area contributed by atoms with E-state index in [4.69, 9.17) is 9.84 Å². The normalized spacial score (nSPS) is 17.6. The van der Waals surface area contributed by atoms with E-state index in [-0.39, 0.29) is 18.9 Å². The minimum absolute atomic E-state index is 0.0345. The number of carbonyl (C=O) groups excluding carboxylic acids is 1. The fourth-order valence-electron chi connectivity index (χ4n) is 2.45. The number of benzene rings is 1. The standard InChI is InChI=1S/C16H21NO4/c18-15(19)9-11-17(16(20)14-7-4-12-21-14)10-8-13-5-2-1-3-6-13/h1-3,5-6,14H,4,7-12H2,(H,18,19). The Morgan fingerprint density at radius 1 is 1.24 bits per heavy atom. The molecule has 5 nitrogen and oxygen atoms in total. The molecule has 0 spiro atoms. The Labute approximate surface area is 124 Å². The zero-order valence-corrected chi connectivity index (χ0v) is 12.0. The minimum atomic E-state index is -0.889. The molecule has 1 amide bonds. The summed E-state index contributed by atoms with van der Waals surface area (Å²) in [6.07, 6.45) is 1.91. The van der Waals surface area contributed by atoms with E-state index in [1.54, 1.807) is 4.90 Å². The molecule has 5 heteroatoms. The van der Waals surface area contributed by atoms with Gasteiger partial charge < -0.3 is 14.7 Å². The molecule has 1 fully saturated rings. The summed E-state index contributed by atoms with van der Waals surface area (Å²) < 4.78 is 5.42. The summed E-state index contributed by atoms with van der Waals surface area (Å²) >= 11 is 0. The summed E-state index contributed by atoms with van der Waals surface area (Å²) in [7, 11) is 0. The second-order valence-electron chi connectivity index (χ2n) is 5.21. The molecule has 1 aromatic carbocycles. The van der Waals surface area contributed by atoms with Gasteiger partial charge in [0.2, 0.25) is 0 Å². The van der Waals surface area contributed by atoms with E-state index >= 15 is 0 Å². The Bertz CT molecular complexity index is 468. The molecule has 1 saturated heterocycles. The molecule has 1 atom stereocenters. The van der Waals surface area contributed by atoms with Crippen LogP contribution in [-0.2, 0) is 20.7 Å². The van der Waals surface area contributed by atoms with Crippen LogP contribution in [0.2, 0.25) is 0 Å². The number of hydrogen-bond donors (Lipinski definition) is 1. The van der Waals surface area contributed by atoms with Gasteiger partial charge in [0, 0.05) is 19.7 Å². The molecule has 0 radical (unpaired) electrons. The average molecular weight is 291 g/mol. The van der Waals surface area contributed by atoms with Crippen molar-refractivity contribution in [3.05, 3.63) is 35.9 Å². The van der Waals surface area contributed by atoms with Gasteiger partial charge in [0.1, 0.15) is 6.10 Å². The topological polar surface area (TPSA) is 66.8 Å². The number of carbonyl (C=O) groups is 2. The third-order valence-electron chi connectivity index (χ3n) is 3.63. The van der Waals surface area contributed by atoms with E-state index < -0.39 is 12.1 Å². The second-order valence-corrected chi connectivity index (χ2v) is 5.21. The van der Waals surface area contributed by atoms with Crippen LogP contribution in [0.4, 0.5) is 0 Å². The molecule has 1 aliphatic rings. The van der Waals surface area contributed by atoms with Crippen molar-refractivity contribution in [1.82, 2.24) is 4.90 Å².